The average Bonchev–Trinajstić information content (AvgIpc) is 2.54. The number of carbonyl (C=O) groups is 2. The molecule has 6 heteroatoms. The van der Waals surface area contributed by atoms with Crippen LogP contribution in [-0.4, -0.2) is 23.6 Å². The second-order valence-electron chi connectivity index (χ2n) is 5.32. The van der Waals surface area contributed by atoms with Crippen LogP contribution in [0.3, 0.4) is 0 Å². The summed E-state index contributed by atoms with van der Waals surface area (Å²) in [6.45, 7) is 1.70. The SMILES string of the molecule is Cc1ccccc1OCC(=O)N[C@@H](CC(=O)O)c1ccc(Cl)cc1. The van der Waals surface area contributed by atoms with Gasteiger partial charge in [0.2, 0.25) is 0 Å². The van der Waals surface area contributed by atoms with Crippen molar-refractivity contribution in [2.45, 2.75) is 19.4 Å². The lowest BCUT2D eigenvalue weighted by molar-refractivity contribution is -0.137. The van der Waals surface area contributed by atoms with Crippen molar-refractivity contribution in [1.29, 1.82) is 0 Å². The zero-order valence-corrected chi connectivity index (χ0v) is 13.9. The van der Waals surface area contributed by atoms with Gasteiger partial charge in [0.1, 0.15) is 5.75 Å². The molecule has 0 aromatic heterocycles. The standard InChI is InChI=1S/C18H18ClNO4/c1-12-4-2-3-5-16(12)24-11-17(21)20-15(10-18(22)23)13-6-8-14(19)9-7-13/h2-9,15H,10-11H2,1H3,(H,20,21)(H,22,23)/t15-/m0/s1. The molecule has 0 aliphatic rings. The monoisotopic (exact) mass is 347 g/mol. The van der Waals surface area contributed by atoms with Crippen molar-refractivity contribution < 1.29 is 19.4 Å². The smallest absolute Gasteiger partial charge is 0.305 e. The molecule has 0 fully saturated rings. The molecule has 126 valence electrons. The van der Waals surface area contributed by atoms with Crippen LogP contribution in [0.25, 0.3) is 0 Å². The molecule has 0 radical (unpaired) electrons. The second kappa shape index (κ2) is 8.36. The molecule has 0 spiro atoms. The van der Waals surface area contributed by atoms with Crippen LogP contribution in [-0.2, 0) is 9.59 Å². The third kappa shape index (κ3) is 5.28. The molecule has 0 bridgehead atoms. The molecule has 2 N–H and O–H groups in total. The number of carboxylic acid groups (broad SMARTS) is 1. The van der Waals surface area contributed by atoms with Gasteiger partial charge in [-0.15, -0.1) is 0 Å². The summed E-state index contributed by atoms with van der Waals surface area (Å²) < 4.78 is 5.48. The van der Waals surface area contributed by atoms with E-state index in [1.165, 1.54) is 0 Å². The molecule has 0 saturated heterocycles. The van der Waals surface area contributed by atoms with E-state index >= 15 is 0 Å². The highest BCUT2D eigenvalue weighted by Gasteiger charge is 2.18. The number of para-hydroxylation sites is 1. The van der Waals surface area contributed by atoms with Gasteiger partial charge < -0.3 is 15.2 Å². The first-order chi connectivity index (χ1) is 11.5. The van der Waals surface area contributed by atoms with E-state index < -0.39 is 12.0 Å². The number of hydrogen-bond donors (Lipinski definition) is 2. The summed E-state index contributed by atoms with van der Waals surface area (Å²) in [6.07, 6.45) is -0.224. The Bertz CT molecular complexity index is 715. The molecule has 1 amide bonds. The number of nitrogens with one attached hydrogen (secondary N) is 1. The predicted molar refractivity (Wildman–Crippen MR) is 91.3 cm³/mol. The summed E-state index contributed by atoms with van der Waals surface area (Å²) in [5.41, 5.74) is 1.59. The Labute approximate surface area is 145 Å². The first-order valence-electron chi connectivity index (χ1n) is 7.41. The Kier molecular flexibility index (Phi) is 6.21. The van der Waals surface area contributed by atoms with E-state index in [2.05, 4.69) is 5.32 Å². The van der Waals surface area contributed by atoms with E-state index in [9.17, 15) is 9.59 Å². The van der Waals surface area contributed by atoms with Crippen molar-refractivity contribution in [3.8, 4) is 5.75 Å². The summed E-state index contributed by atoms with van der Waals surface area (Å²) in [6, 6.07) is 13.4. The van der Waals surface area contributed by atoms with Crippen LogP contribution in [0.5, 0.6) is 5.75 Å². The van der Waals surface area contributed by atoms with Crippen molar-refractivity contribution in [3.05, 3.63) is 64.7 Å². The highest BCUT2D eigenvalue weighted by Crippen LogP contribution is 2.20. The van der Waals surface area contributed by atoms with Gasteiger partial charge in [-0.1, -0.05) is 41.9 Å². The third-order valence-corrected chi connectivity index (χ3v) is 3.69. The zero-order chi connectivity index (χ0) is 17.5. The summed E-state index contributed by atoms with van der Waals surface area (Å²) in [5.74, 6) is -0.775. The van der Waals surface area contributed by atoms with Gasteiger partial charge in [0.15, 0.2) is 6.61 Å². The molecular weight excluding hydrogens is 330 g/mol. The topological polar surface area (TPSA) is 75.6 Å². The fraction of sp³-hybridized carbons (Fsp3) is 0.222. The largest absolute Gasteiger partial charge is 0.484 e. The lowest BCUT2D eigenvalue weighted by Gasteiger charge is -2.18. The maximum Gasteiger partial charge on any atom is 0.305 e. The molecule has 0 saturated carbocycles. The first kappa shape index (κ1) is 17.8. The molecule has 2 rings (SSSR count). The third-order valence-electron chi connectivity index (χ3n) is 3.44. The molecule has 2 aromatic rings. The fourth-order valence-corrected chi connectivity index (χ4v) is 2.35. The number of ether oxygens (including phenoxy) is 1. The van der Waals surface area contributed by atoms with Gasteiger partial charge in [-0.3, -0.25) is 9.59 Å². The molecule has 0 heterocycles. The van der Waals surface area contributed by atoms with E-state index in [1.54, 1.807) is 30.3 Å². The molecule has 0 aliphatic heterocycles. The maximum atomic E-state index is 12.1. The summed E-state index contributed by atoms with van der Waals surface area (Å²) >= 11 is 5.84. The maximum absolute atomic E-state index is 12.1. The van der Waals surface area contributed by atoms with Crippen molar-refractivity contribution in [2.75, 3.05) is 6.61 Å². The van der Waals surface area contributed by atoms with E-state index in [0.717, 1.165) is 5.56 Å². The van der Waals surface area contributed by atoms with Crippen LogP contribution in [0.15, 0.2) is 48.5 Å². The van der Waals surface area contributed by atoms with Crippen LogP contribution in [0.4, 0.5) is 0 Å². The number of halogens is 1. The molecular formula is C18H18ClNO4. The average molecular weight is 348 g/mol. The number of carboxylic acids is 1. The van der Waals surface area contributed by atoms with Gasteiger partial charge in [-0.05, 0) is 36.2 Å². The number of carbonyl (C=O) groups excluding carboxylic acids is 1. The molecule has 5 nitrogen and oxygen atoms in total. The summed E-state index contributed by atoms with van der Waals surface area (Å²) in [5, 5.41) is 12.3. The van der Waals surface area contributed by atoms with E-state index in [0.29, 0.717) is 16.3 Å². The molecule has 24 heavy (non-hydrogen) atoms. The highest BCUT2D eigenvalue weighted by molar-refractivity contribution is 6.30. The van der Waals surface area contributed by atoms with E-state index in [4.69, 9.17) is 21.4 Å². The van der Waals surface area contributed by atoms with Crippen LogP contribution in [0, 0.1) is 6.92 Å². The highest BCUT2D eigenvalue weighted by atomic mass is 35.5. The van der Waals surface area contributed by atoms with Crippen molar-refractivity contribution >= 4 is 23.5 Å². The van der Waals surface area contributed by atoms with Crippen molar-refractivity contribution in [3.63, 3.8) is 0 Å². The Morgan fingerprint density at radius 1 is 1.17 bits per heavy atom. The lowest BCUT2D eigenvalue weighted by atomic mass is 10.0. The van der Waals surface area contributed by atoms with Gasteiger partial charge in [0, 0.05) is 5.02 Å². The number of aliphatic carboxylic acids is 1. The fourth-order valence-electron chi connectivity index (χ4n) is 2.22. The molecule has 1 atom stereocenters. The Morgan fingerprint density at radius 3 is 2.46 bits per heavy atom. The van der Waals surface area contributed by atoms with Gasteiger partial charge in [0.05, 0.1) is 12.5 Å². The van der Waals surface area contributed by atoms with Crippen LogP contribution >= 0.6 is 11.6 Å². The minimum atomic E-state index is -1.00. The number of benzene rings is 2. The van der Waals surface area contributed by atoms with Crippen LogP contribution in [0.1, 0.15) is 23.6 Å². The quantitative estimate of drug-likeness (QED) is 0.805. The number of amides is 1. The summed E-state index contributed by atoms with van der Waals surface area (Å²) in [4.78, 5) is 23.2. The minimum absolute atomic E-state index is 0.186. The number of aryl methyl sites for hydroxylation is 1. The number of rotatable bonds is 7. The normalized spacial score (nSPS) is 11.6. The predicted octanol–water partition coefficient (Wildman–Crippen LogP) is 3.36. The van der Waals surface area contributed by atoms with Crippen molar-refractivity contribution in [1.82, 2.24) is 5.32 Å². The first-order valence-corrected chi connectivity index (χ1v) is 7.78. The number of hydrogen-bond acceptors (Lipinski definition) is 3. The molecule has 0 unspecified atom stereocenters. The minimum Gasteiger partial charge on any atom is -0.484 e. The van der Waals surface area contributed by atoms with Gasteiger partial charge >= 0.3 is 5.97 Å². The molecule has 0 aliphatic carbocycles. The molecule has 2 aromatic carbocycles. The Balaban J connectivity index is 2.00. The lowest BCUT2D eigenvalue weighted by Crippen LogP contribution is -2.33. The van der Waals surface area contributed by atoms with E-state index in [1.807, 2.05) is 25.1 Å². The van der Waals surface area contributed by atoms with Crippen LogP contribution < -0.4 is 10.1 Å². The van der Waals surface area contributed by atoms with E-state index in [-0.39, 0.29) is 18.9 Å². The summed E-state index contributed by atoms with van der Waals surface area (Å²) in [7, 11) is 0. The van der Waals surface area contributed by atoms with Gasteiger partial charge in [-0.25, -0.2) is 0 Å². The Hall–Kier alpha value is -2.53. The van der Waals surface area contributed by atoms with Gasteiger partial charge in [0.25, 0.3) is 5.91 Å². The Morgan fingerprint density at radius 2 is 1.83 bits per heavy atom. The van der Waals surface area contributed by atoms with Gasteiger partial charge in [-0.2, -0.15) is 0 Å². The zero-order valence-electron chi connectivity index (χ0n) is 13.2. The van der Waals surface area contributed by atoms with Crippen LogP contribution in [0.2, 0.25) is 5.02 Å². The second-order valence-corrected chi connectivity index (χ2v) is 5.76. The van der Waals surface area contributed by atoms with Crippen molar-refractivity contribution in [2.24, 2.45) is 0 Å².